The van der Waals surface area contributed by atoms with Crippen LogP contribution in [-0.2, 0) is 0 Å². The number of hydrogen-bond donors (Lipinski definition) is 0. The van der Waals surface area contributed by atoms with Gasteiger partial charge in [-0.1, -0.05) is 0 Å². The van der Waals surface area contributed by atoms with Gasteiger partial charge in [0.05, 0.1) is 0 Å². The molecule has 0 unspecified atom stereocenters. The van der Waals surface area contributed by atoms with Crippen LogP contribution in [0.25, 0.3) is 0 Å². The third kappa shape index (κ3) is 5.88. The van der Waals surface area contributed by atoms with Gasteiger partial charge in [0.2, 0.25) is 0 Å². The lowest BCUT2D eigenvalue weighted by Crippen LogP contribution is -1.62. The normalized spacial score (nSPS) is 13.0. The summed E-state index contributed by atoms with van der Waals surface area (Å²) >= 11 is 0. The van der Waals surface area contributed by atoms with E-state index >= 15 is 0 Å². The summed E-state index contributed by atoms with van der Waals surface area (Å²) in [5, 5.41) is 0. The summed E-state index contributed by atoms with van der Waals surface area (Å²) in [6, 6.07) is 0. The molecule has 1 rings (SSSR count). The van der Waals surface area contributed by atoms with Gasteiger partial charge in [-0.3, -0.25) is 4.99 Å². The second-order valence-electron chi connectivity index (χ2n) is 1.23. The van der Waals surface area contributed by atoms with Crippen LogP contribution in [0.2, 0.25) is 0 Å². The zero-order valence-corrected chi connectivity index (χ0v) is 5.37. The minimum absolute atomic E-state index is 0. The molecular formula is C4H12ClNO2. The van der Waals surface area contributed by atoms with Crippen LogP contribution < -0.4 is 0 Å². The Morgan fingerprint density at radius 1 is 1.25 bits per heavy atom. The van der Waals surface area contributed by atoms with Crippen LogP contribution in [0.15, 0.2) is 4.99 Å². The van der Waals surface area contributed by atoms with Gasteiger partial charge >= 0.3 is 0 Å². The van der Waals surface area contributed by atoms with Crippen molar-refractivity contribution in [3.8, 4) is 0 Å². The minimum atomic E-state index is 0. The molecule has 0 saturated carbocycles. The zero-order valence-electron chi connectivity index (χ0n) is 4.55. The summed E-state index contributed by atoms with van der Waals surface area (Å²) in [6.45, 7) is 1.07. The summed E-state index contributed by atoms with van der Waals surface area (Å²) in [6.07, 6.45) is 4.47. The molecule has 1 aliphatic heterocycles. The minimum Gasteiger partial charge on any atom is -0.412 e. The van der Waals surface area contributed by atoms with E-state index in [-0.39, 0.29) is 23.4 Å². The Morgan fingerprint density at radius 2 is 1.88 bits per heavy atom. The molecule has 1 heterocycles. The smallest absolute Gasteiger partial charge is 0.0388 e. The van der Waals surface area contributed by atoms with Gasteiger partial charge < -0.3 is 11.0 Å². The van der Waals surface area contributed by atoms with Crippen molar-refractivity contribution in [3.63, 3.8) is 0 Å². The lowest BCUT2D eigenvalue weighted by atomic mass is 10.4. The summed E-state index contributed by atoms with van der Waals surface area (Å²) < 4.78 is 0. The molecule has 8 heavy (non-hydrogen) atoms. The van der Waals surface area contributed by atoms with E-state index in [1.165, 1.54) is 12.8 Å². The quantitative estimate of drug-likeness (QED) is 0.441. The highest BCUT2D eigenvalue weighted by Gasteiger charge is 1.85. The van der Waals surface area contributed by atoms with Crippen molar-refractivity contribution < 1.29 is 11.0 Å². The van der Waals surface area contributed by atoms with Crippen LogP contribution in [0.3, 0.4) is 0 Å². The maximum absolute atomic E-state index is 3.96. The topological polar surface area (TPSA) is 75.4 Å². The molecule has 52 valence electrons. The molecule has 0 radical (unpaired) electrons. The summed E-state index contributed by atoms with van der Waals surface area (Å²) in [7, 11) is 0. The average molecular weight is 142 g/mol. The molecule has 0 bridgehead atoms. The van der Waals surface area contributed by atoms with E-state index in [9.17, 15) is 0 Å². The van der Waals surface area contributed by atoms with Gasteiger partial charge in [0, 0.05) is 6.54 Å². The van der Waals surface area contributed by atoms with Crippen molar-refractivity contribution >= 4 is 18.6 Å². The Labute approximate surface area is 54.8 Å². The fourth-order valence-corrected chi connectivity index (χ4v) is 0.456. The van der Waals surface area contributed by atoms with Gasteiger partial charge in [0.25, 0.3) is 0 Å². The number of rotatable bonds is 0. The predicted octanol–water partition coefficient (Wildman–Crippen LogP) is -0.377. The second-order valence-corrected chi connectivity index (χ2v) is 1.23. The van der Waals surface area contributed by atoms with Crippen LogP contribution >= 0.6 is 12.4 Å². The number of aliphatic imine (C=N–C) groups is 1. The molecule has 1 aliphatic rings. The first-order valence-corrected chi connectivity index (χ1v) is 1.98. The zero-order chi connectivity index (χ0) is 3.54. The van der Waals surface area contributed by atoms with Crippen molar-refractivity contribution in [1.29, 1.82) is 0 Å². The van der Waals surface area contributed by atoms with Crippen LogP contribution in [0.1, 0.15) is 12.8 Å². The highest BCUT2D eigenvalue weighted by molar-refractivity contribution is 5.85. The fraction of sp³-hybridized carbons (Fsp3) is 0.750. The third-order valence-corrected chi connectivity index (χ3v) is 0.750. The van der Waals surface area contributed by atoms with Crippen molar-refractivity contribution in [2.45, 2.75) is 12.8 Å². The van der Waals surface area contributed by atoms with Crippen molar-refractivity contribution in [2.75, 3.05) is 6.54 Å². The number of halogens is 1. The van der Waals surface area contributed by atoms with Crippen molar-refractivity contribution in [2.24, 2.45) is 4.99 Å². The van der Waals surface area contributed by atoms with Crippen LogP contribution in [0.5, 0.6) is 0 Å². The first-order valence-electron chi connectivity index (χ1n) is 1.98. The molecule has 0 spiro atoms. The van der Waals surface area contributed by atoms with Gasteiger partial charge in [-0.05, 0) is 19.1 Å². The van der Waals surface area contributed by atoms with E-state index in [4.69, 9.17) is 0 Å². The Morgan fingerprint density at radius 3 is 2.00 bits per heavy atom. The van der Waals surface area contributed by atoms with Crippen LogP contribution in [0.4, 0.5) is 0 Å². The molecule has 4 heteroatoms. The molecule has 0 atom stereocenters. The summed E-state index contributed by atoms with van der Waals surface area (Å²) in [5.74, 6) is 0. The van der Waals surface area contributed by atoms with Crippen LogP contribution in [0, 0.1) is 0 Å². The molecule has 0 saturated heterocycles. The van der Waals surface area contributed by atoms with Gasteiger partial charge in [-0.2, -0.15) is 0 Å². The third-order valence-electron chi connectivity index (χ3n) is 0.750. The molecule has 0 fully saturated rings. The Hall–Kier alpha value is -0.120. The van der Waals surface area contributed by atoms with E-state index in [0.717, 1.165) is 6.54 Å². The number of nitrogens with zero attached hydrogens (tertiary/aromatic N) is 1. The van der Waals surface area contributed by atoms with Crippen molar-refractivity contribution in [1.82, 2.24) is 0 Å². The highest BCUT2D eigenvalue weighted by atomic mass is 35.5. The summed E-state index contributed by atoms with van der Waals surface area (Å²) in [4.78, 5) is 3.96. The van der Waals surface area contributed by atoms with Gasteiger partial charge in [0.15, 0.2) is 0 Å². The predicted molar refractivity (Wildman–Crippen MR) is 37.1 cm³/mol. The SMILES string of the molecule is C1=NCCC1.Cl.O.O. The molecule has 3 nitrogen and oxygen atoms in total. The van der Waals surface area contributed by atoms with Gasteiger partial charge in [0.1, 0.15) is 0 Å². The van der Waals surface area contributed by atoms with E-state index in [1.54, 1.807) is 0 Å². The standard InChI is InChI=1S/C4H7N.ClH.2H2O/c1-2-4-5-3-1;;;/h3H,1-2,4H2;1H;2*1H2. The monoisotopic (exact) mass is 141 g/mol. The van der Waals surface area contributed by atoms with E-state index in [1.807, 2.05) is 6.21 Å². The lowest BCUT2D eigenvalue weighted by molar-refractivity contribution is 0.823. The molecule has 4 N–H and O–H groups in total. The molecule has 0 aromatic rings. The Balaban J connectivity index is -0.0000000833. The lowest BCUT2D eigenvalue weighted by Gasteiger charge is -1.67. The maximum Gasteiger partial charge on any atom is 0.0388 e. The molecular weight excluding hydrogens is 130 g/mol. The average Bonchev–Trinajstić information content (AvgIpc) is 1.76. The van der Waals surface area contributed by atoms with Crippen molar-refractivity contribution in [3.05, 3.63) is 0 Å². The Kier molecular flexibility index (Phi) is 19.6. The van der Waals surface area contributed by atoms with Gasteiger partial charge in [-0.25, -0.2) is 0 Å². The number of hydrogen-bond acceptors (Lipinski definition) is 1. The van der Waals surface area contributed by atoms with E-state index in [0.29, 0.717) is 0 Å². The first-order chi connectivity index (χ1) is 2.50. The molecule has 0 amide bonds. The second kappa shape index (κ2) is 9.99. The largest absolute Gasteiger partial charge is 0.412 e. The summed E-state index contributed by atoms with van der Waals surface area (Å²) in [5.41, 5.74) is 0. The van der Waals surface area contributed by atoms with E-state index in [2.05, 4.69) is 4.99 Å². The Bertz CT molecular complexity index is 52.0. The van der Waals surface area contributed by atoms with E-state index < -0.39 is 0 Å². The van der Waals surface area contributed by atoms with Crippen LogP contribution in [-0.4, -0.2) is 23.7 Å². The first kappa shape index (κ1) is 15.7. The van der Waals surface area contributed by atoms with Gasteiger partial charge in [-0.15, -0.1) is 12.4 Å². The highest BCUT2D eigenvalue weighted by Crippen LogP contribution is 1.92. The molecule has 0 aromatic heterocycles. The molecule has 0 aromatic carbocycles. The fourth-order valence-electron chi connectivity index (χ4n) is 0.456. The maximum atomic E-state index is 3.96. The molecule has 0 aliphatic carbocycles.